The van der Waals surface area contributed by atoms with E-state index in [1.54, 1.807) is 12.1 Å². The summed E-state index contributed by atoms with van der Waals surface area (Å²) in [7, 11) is 0. The van der Waals surface area contributed by atoms with E-state index in [0.717, 1.165) is 20.3 Å². The number of nitrogens with two attached hydrogens (primary N) is 1. The van der Waals surface area contributed by atoms with Crippen LogP contribution in [0.4, 0.5) is 0 Å². The number of rotatable bonds is 3. The first-order chi connectivity index (χ1) is 8.97. The summed E-state index contributed by atoms with van der Waals surface area (Å²) in [5.41, 5.74) is 6.89. The molecule has 0 aliphatic heterocycles. The average Bonchev–Trinajstić information content (AvgIpc) is 2.34. The molecule has 2 nitrogen and oxygen atoms in total. The Hall–Kier alpha value is -0.550. The minimum atomic E-state index is -0.00684. The molecular weight excluding hydrogens is 393 g/mol. The molecule has 5 heteroatoms. The molecule has 0 amide bonds. The van der Waals surface area contributed by atoms with E-state index in [0.29, 0.717) is 10.8 Å². The molecule has 0 fully saturated rings. The zero-order valence-electron chi connectivity index (χ0n) is 10.2. The number of hydrogen-bond acceptors (Lipinski definition) is 2. The van der Waals surface area contributed by atoms with Gasteiger partial charge in [-0.15, -0.1) is 0 Å². The summed E-state index contributed by atoms with van der Waals surface area (Å²) < 4.78 is 7.51. The van der Waals surface area contributed by atoms with Crippen molar-refractivity contribution in [3.05, 3.63) is 55.9 Å². The highest BCUT2D eigenvalue weighted by Crippen LogP contribution is 2.36. The molecule has 0 spiro atoms. The van der Waals surface area contributed by atoms with Crippen LogP contribution in [-0.4, -0.2) is 0 Å². The first-order valence-electron chi connectivity index (χ1n) is 5.65. The van der Waals surface area contributed by atoms with Crippen LogP contribution in [0, 0.1) is 0 Å². The molecule has 0 saturated carbocycles. The third-order valence-electron chi connectivity index (χ3n) is 2.60. The van der Waals surface area contributed by atoms with Crippen molar-refractivity contribution in [3.8, 4) is 11.5 Å². The molecule has 1 atom stereocenters. The van der Waals surface area contributed by atoms with E-state index in [-0.39, 0.29) is 6.04 Å². The van der Waals surface area contributed by atoms with Gasteiger partial charge in [-0.05, 0) is 74.7 Å². The van der Waals surface area contributed by atoms with E-state index >= 15 is 0 Å². The maximum atomic E-state index is 5.90. The topological polar surface area (TPSA) is 35.2 Å². The summed E-state index contributed by atoms with van der Waals surface area (Å²) in [4.78, 5) is 0. The maximum Gasteiger partial charge on any atom is 0.141 e. The monoisotopic (exact) mass is 403 g/mol. The molecule has 2 rings (SSSR count). The molecule has 0 aliphatic carbocycles. The number of benzene rings is 2. The fraction of sp³-hybridized carbons (Fsp3) is 0.143. The Morgan fingerprint density at radius 2 is 1.63 bits per heavy atom. The van der Waals surface area contributed by atoms with E-state index in [2.05, 4.69) is 31.9 Å². The smallest absolute Gasteiger partial charge is 0.141 e. The van der Waals surface area contributed by atoms with Gasteiger partial charge in [0.2, 0.25) is 0 Å². The van der Waals surface area contributed by atoms with E-state index in [4.69, 9.17) is 22.1 Å². The Balaban J connectivity index is 2.28. The number of halogens is 3. The van der Waals surface area contributed by atoms with Crippen LogP contribution in [-0.2, 0) is 0 Å². The summed E-state index contributed by atoms with van der Waals surface area (Å²) in [6.07, 6.45) is 0. The lowest BCUT2D eigenvalue weighted by Gasteiger charge is -2.12. The lowest BCUT2D eigenvalue weighted by molar-refractivity contribution is 0.476. The van der Waals surface area contributed by atoms with Gasteiger partial charge in [0.25, 0.3) is 0 Å². The van der Waals surface area contributed by atoms with Crippen LogP contribution in [0.3, 0.4) is 0 Å². The first-order valence-corrected chi connectivity index (χ1v) is 7.61. The molecule has 2 N–H and O–H groups in total. The van der Waals surface area contributed by atoms with Crippen LogP contribution in [0.15, 0.2) is 45.3 Å². The second kappa shape index (κ2) is 6.27. The predicted octanol–water partition coefficient (Wildman–Crippen LogP) is 5.68. The van der Waals surface area contributed by atoms with Gasteiger partial charge >= 0.3 is 0 Å². The van der Waals surface area contributed by atoms with Gasteiger partial charge < -0.3 is 10.5 Å². The lowest BCUT2D eigenvalue weighted by atomic mass is 10.1. The molecule has 0 bridgehead atoms. The third-order valence-corrected chi connectivity index (χ3v) is 4.07. The van der Waals surface area contributed by atoms with Crippen LogP contribution in [0.25, 0.3) is 0 Å². The molecular formula is C14H12Br2ClNO. The van der Waals surface area contributed by atoms with Gasteiger partial charge in [0.1, 0.15) is 11.5 Å². The Morgan fingerprint density at radius 3 is 2.16 bits per heavy atom. The van der Waals surface area contributed by atoms with E-state index in [9.17, 15) is 0 Å². The molecule has 0 saturated heterocycles. The second-order valence-electron chi connectivity index (χ2n) is 4.16. The summed E-state index contributed by atoms with van der Waals surface area (Å²) in [5.74, 6) is 1.44. The summed E-state index contributed by atoms with van der Waals surface area (Å²) in [6.45, 7) is 1.94. The molecule has 2 aromatic rings. The van der Waals surface area contributed by atoms with Crippen LogP contribution >= 0.6 is 43.5 Å². The van der Waals surface area contributed by atoms with Crippen molar-refractivity contribution in [2.45, 2.75) is 13.0 Å². The van der Waals surface area contributed by atoms with E-state index < -0.39 is 0 Å². The van der Waals surface area contributed by atoms with Crippen molar-refractivity contribution in [1.82, 2.24) is 0 Å². The Morgan fingerprint density at radius 1 is 1.05 bits per heavy atom. The summed E-state index contributed by atoms with van der Waals surface area (Å²) in [5, 5.41) is 0.658. The molecule has 0 unspecified atom stereocenters. The standard InChI is InChI=1S/C14H12Br2ClNO/c1-8(18)9-2-4-13(11(15)6-9)19-14-5-3-10(17)7-12(14)16/h2-8H,18H2,1H3/t8-/m1/s1. The van der Waals surface area contributed by atoms with Crippen LogP contribution in [0.5, 0.6) is 11.5 Å². The van der Waals surface area contributed by atoms with Gasteiger partial charge in [0, 0.05) is 11.1 Å². The fourth-order valence-electron chi connectivity index (χ4n) is 1.56. The number of hydrogen-bond donors (Lipinski definition) is 1. The first kappa shape index (κ1) is 14.9. The van der Waals surface area contributed by atoms with Crippen molar-refractivity contribution in [1.29, 1.82) is 0 Å². The van der Waals surface area contributed by atoms with Crippen LogP contribution in [0.1, 0.15) is 18.5 Å². The second-order valence-corrected chi connectivity index (χ2v) is 6.30. The highest BCUT2D eigenvalue weighted by atomic mass is 79.9. The Labute approximate surface area is 134 Å². The molecule has 0 radical (unpaired) electrons. The van der Waals surface area contributed by atoms with Gasteiger partial charge in [-0.2, -0.15) is 0 Å². The van der Waals surface area contributed by atoms with E-state index in [1.165, 1.54) is 0 Å². The van der Waals surface area contributed by atoms with Crippen LogP contribution < -0.4 is 10.5 Å². The SMILES string of the molecule is C[C@@H](N)c1ccc(Oc2ccc(Cl)cc2Br)c(Br)c1. The van der Waals surface area contributed by atoms with Gasteiger partial charge in [-0.1, -0.05) is 17.7 Å². The molecule has 19 heavy (non-hydrogen) atoms. The Bertz CT molecular complexity index is 602. The summed E-state index contributed by atoms with van der Waals surface area (Å²) >= 11 is 12.8. The minimum Gasteiger partial charge on any atom is -0.455 e. The van der Waals surface area contributed by atoms with Gasteiger partial charge in [-0.25, -0.2) is 0 Å². The summed E-state index contributed by atoms with van der Waals surface area (Å²) in [6, 6.07) is 11.2. The molecule has 0 heterocycles. The van der Waals surface area contributed by atoms with Crippen molar-refractivity contribution in [3.63, 3.8) is 0 Å². The van der Waals surface area contributed by atoms with Crippen molar-refractivity contribution >= 4 is 43.5 Å². The van der Waals surface area contributed by atoms with Gasteiger partial charge in [-0.3, -0.25) is 0 Å². The minimum absolute atomic E-state index is 0.00684. The fourth-order valence-corrected chi connectivity index (χ4v) is 2.80. The predicted molar refractivity (Wildman–Crippen MR) is 86.0 cm³/mol. The zero-order valence-corrected chi connectivity index (χ0v) is 14.1. The average molecular weight is 406 g/mol. The normalized spacial score (nSPS) is 12.3. The maximum absolute atomic E-state index is 5.90. The molecule has 100 valence electrons. The Kier molecular flexibility index (Phi) is 4.90. The van der Waals surface area contributed by atoms with Gasteiger partial charge in [0.05, 0.1) is 8.95 Å². The largest absolute Gasteiger partial charge is 0.455 e. The number of ether oxygens (including phenoxy) is 1. The molecule has 2 aromatic carbocycles. The third kappa shape index (κ3) is 3.72. The van der Waals surface area contributed by atoms with Crippen molar-refractivity contribution in [2.24, 2.45) is 5.73 Å². The van der Waals surface area contributed by atoms with Crippen molar-refractivity contribution < 1.29 is 4.74 Å². The van der Waals surface area contributed by atoms with Crippen molar-refractivity contribution in [2.75, 3.05) is 0 Å². The lowest BCUT2D eigenvalue weighted by Crippen LogP contribution is -2.04. The molecule has 0 aliphatic rings. The molecule has 0 aromatic heterocycles. The zero-order chi connectivity index (χ0) is 14.0. The highest BCUT2D eigenvalue weighted by molar-refractivity contribution is 9.11. The van der Waals surface area contributed by atoms with Gasteiger partial charge in [0.15, 0.2) is 0 Å². The van der Waals surface area contributed by atoms with E-state index in [1.807, 2.05) is 31.2 Å². The quantitative estimate of drug-likeness (QED) is 0.713. The van der Waals surface area contributed by atoms with Crippen LogP contribution in [0.2, 0.25) is 5.02 Å². The highest BCUT2D eigenvalue weighted by Gasteiger charge is 2.08.